The number of rotatable bonds is 3. The number of hydrogen-bond donors (Lipinski definition) is 0. The van der Waals surface area contributed by atoms with E-state index in [0.717, 1.165) is 0 Å². The maximum atomic E-state index is 3.94. The van der Waals surface area contributed by atoms with Crippen LogP contribution in [0.2, 0.25) is 0 Å². The van der Waals surface area contributed by atoms with Gasteiger partial charge in [0.05, 0.1) is 0 Å². The molecule has 0 bridgehead atoms. The van der Waals surface area contributed by atoms with E-state index >= 15 is 0 Å². The first kappa shape index (κ1) is 9.75. The maximum Gasteiger partial charge on any atom is 0.366 e. The molecule has 0 rings (SSSR count). The number of hydrogen-bond acceptors (Lipinski definition) is 0. The van der Waals surface area contributed by atoms with Crippen LogP contribution in [0, 0.1) is 0 Å². The zero-order chi connectivity index (χ0) is 8.31. The van der Waals surface area contributed by atoms with Crippen molar-refractivity contribution >= 4 is 14.1 Å². The summed E-state index contributed by atoms with van der Waals surface area (Å²) in [4.78, 5) is 0. The lowest BCUT2D eigenvalue weighted by atomic mass is 10.7. The second-order valence-electron chi connectivity index (χ2n) is 2.97. The van der Waals surface area contributed by atoms with Crippen LogP contribution < -0.4 is 0 Å². The van der Waals surface area contributed by atoms with Gasteiger partial charge in [-0.15, -0.1) is 33.0 Å². The predicted molar refractivity (Wildman–Crippen MR) is 50.2 cm³/mol. The largest absolute Gasteiger partial charge is 0.366 e. The van der Waals surface area contributed by atoms with Crippen molar-refractivity contribution in [1.29, 1.82) is 0 Å². The lowest BCUT2D eigenvalue weighted by molar-refractivity contribution is 1.53. The van der Waals surface area contributed by atoms with Crippen LogP contribution in [-0.4, -0.2) is 14.1 Å². The minimum absolute atomic E-state index is 1.04. The van der Waals surface area contributed by atoms with E-state index in [-0.39, 0.29) is 0 Å². The Morgan fingerprint density at radius 1 is 0.800 bits per heavy atom. The molecule has 10 heavy (non-hydrogen) atoms. The van der Waals surface area contributed by atoms with Gasteiger partial charge in [0.15, 0.2) is 0 Å². The smallest absolute Gasteiger partial charge is 0.131 e. The molecule has 0 nitrogen and oxygen atoms in total. The summed E-state index contributed by atoms with van der Waals surface area (Å²) in [6.07, 6.45) is 0. The first-order valence-corrected chi connectivity index (χ1v) is 5.16. The van der Waals surface area contributed by atoms with Crippen molar-refractivity contribution in [2.75, 3.05) is 0 Å². The summed E-state index contributed by atoms with van der Waals surface area (Å²) in [7, 11) is 0. The summed E-state index contributed by atoms with van der Waals surface area (Å²) in [5, 5.41) is 0. The van der Waals surface area contributed by atoms with Gasteiger partial charge in [0.1, 0.15) is 0 Å². The first-order chi connectivity index (χ1) is 4.46. The van der Waals surface area contributed by atoms with Gasteiger partial charge >= 0.3 is 14.1 Å². The van der Waals surface area contributed by atoms with Crippen LogP contribution in [-0.2, 0) is 0 Å². The number of allylic oxidation sites excluding steroid dienone is 3. The minimum atomic E-state index is -1.04. The van der Waals surface area contributed by atoms with Crippen molar-refractivity contribution in [2.24, 2.45) is 0 Å². The van der Waals surface area contributed by atoms with E-state index < -0.39 is 14.1 Å². The average molecular weight is 150 g/mol. The molecule has 1 heteroatoms. The van der Waals surface area contributed by atoms with Gasteiger partial charge < -0.3 is 0 Å². The molecule has 0 atom stereocenters. The van der Waals surface area contributed by atoms with Crippen LogP contribution in [0.3, 0.4) is 0 Å². The molecule has 0 fully saturated rings. The van der Waals surface area contributed by atoms with Crippen molar-refractivity contribution in [3.63, 3.8) is 0 Å². The second kappa shape index (κ2) is 3.81. The molecule has 0 aromatic heterocycles. The van der Waals surface area contributed by atoms with Crippen molar-refractivity contribution in [2.45, 2.75) is 20.8 Å². The molecule has 0 N–H and O–H groups in total. The van der Waals surface area contributed by atoms with Crippen molar-refractivity contribution in [3.05, 3.63) is 33.0 Å². The molecule has 0 radical (unpaired) electrons. The SMILES string of the molecule is C=[C](C)[Al]([C](=C)C)[C](=C)C. The predicted octanol–water partition coefficient (Wildman–Crippen LogP) is 2.83. The highest BCUT2D eigenvalue weighted by atomic mass is 27.2. The molecule has 0 unspecified atom stereocenters. The van der Waals surface area contributed by atoms with Gasteiger partial charge in [-0.1, -0.05) is 20.8 Å². The van der Waals surface area contributed by atoms with Gasteiger partial charge in [-0.3, -0.25) is 0 Å². The van der Waals surface area contributed by atoms with E-state index in [1.54, 1.807) is 0 Å². The summed E-state index contributed by atoms with van der Waals surface area (Å²) in [6.45, 7) is 18.0. The molecule has 0 aromatic carbocycles. The van der Waals surface area contributed by atoms with Crippen molar-refractivity contribution < 1.29 is 0 Å². The summed E-state index contributed by atoms with van der Waals surface area (Å²) >= 11 is -1.04. The Labute approximate surface area is 68.3 Å². The highest BCUT2D eigenvalue weighted by Gasteiger charge is 2.19. The molecule has 0 amide bonds. The monoisotopic (exact) mass is 150 g/mol. The van der Waals surface area contributed by atoms with Gasteiger partial charge in [-0.25, -0.2) is 0 Å². The normalized spacial score (nSPS) is 8.70. The van der Waals surface area contributed by atoms with E-state index in [2.05, 4.69) is 40.5 Å². The molecule has 0 aromatic rings. The van der Waals surface area contributed by atoms with Crippen LogP contribution >= 0.6 is 0 Å². The molecular weight excluding hydrogens is 135 g/mol. The molecule has 0 heterocycles. The molecule has 0 aliphatic heterocycles. The molecule has 0 spiro atoms. The van der Waals surface area contributed by atoms with Gasteiger partial charge in [0.2, 0.25) is 0 Å². The van der Waals surface area contributed by atoms with E-state index in [9.17, 15) is 0 Å². The first-order valence-electron chi connectivity index (χ1n) is 3.43. The lowest BCUT2D eigenvalue weighted by Crippen LogP contribution is -2.17. The molecule has 0 aliphatic carbocycles. The third-order valence-corrected chi connectivity index (χ3v) is 4.44. The third-order valence-electron chi connectivity index (χ3n) is 1.48. The molecular formula is C9H15Al. The van der Waals surface area contributed by atoms with Gasteiger partial charge in [0, 0.05) is 0 Å². The van der Waals surface area contributed by atoms with Crippen LogP contribution in [0.5, 0.6) is 0 Å². The van der Waals surface area contributed by atoms with Gasteiger partial charge in [-0.2, -0.15) is 0 Å². The summed E-state index contributed by atoms with van der Waals surface area (Å²) in [5.74, 6) is 0. The summed E-state index contributed by atoms with van der Waals surface area (Å²) in [5.41, 5.74) is 0. The standard InChI is InChI=1S/3C3H5.Al/c3*1-3-2;/h3*1H2,2H3;. The Balaban J connectivity index is 4.43. The molecule has 0 saturated carbocycles. The van der Waals surface area contributed by atoms with Crippen LogP contribution in [0.25, 0.3) is 0 Å². The van der Waals surface area contributed by atoms with Crippen LogP contribution in [0.1, 0.15) is 20.8 Å². The van der Waals surface area contributed by atoms with Crippen LogP contribution in [0.15, 0.2) is 33.0 Å². The van der Waals surface area contributed by atoms with Crippen molar-refractivity contribution in [3.8, 4) is 0 Å². The fraction of sp³-hybridized carbons (Fsp3) is 0.333. The molecule has 0 aliphatic rings. The Morgan fingerprint density at radius 2 is 1.00 bits per heavy atom. The zero-order valence-corrected chi connectivity index (χ0v) is 8.35. The lowest BCUT2D eigenvalue weighted by Gasteiger charge is -2.09. The van der Waals surface area contributed by atoms with Gasteiger partial charge in [0.25, 0.3) is 0 Å². The summed E-state index contributed by atoms with van der Waals surface area (Å²) < 4.78 is 3.79. The van der Waals surface area contributed by atoms with E-state index in [0.29, 0.717) is 0 Å². The van der Waals surface area contributed by atoms with E-state index in [4.69, 9.17) is 0 Å². The maximum absolute atomic E-state index is 3.94. The van der Waals surface area contributed by atoms with Gasteiger partial charge in [-0.05, 0) is 0 Å². The van der Waals surface area contributed by atoms with Crippen LogP contribution in [0.4, 0.5) is 0 Å². The highest BCUT2D eigenvalue weighted by molar-refractivity contribution is 6.79. The molecule has 54 valence electrons. The molecule has 0 saturated heterocycles. The summed E-state index contributed by atoms with van der Waals surface area (Å²) in [6, 6.07) is 0. The van der Waals surface area contributed by atoms with E-state index in [1.165, 1.54) is 13.3 Å². The Hall–Kier alpha value is -0.248. The third kappa shape index (κ3) is 2.56. The zero-order valence-electron chi connectivity index (χ0n) is 7.20. The van der Waals surface area contributed by atoms with E-state index in [1.807, 2.05) is 0 Å². The Bertz CT molecular complexity index is 144. The highest BCUT2D eigenvalue weighted by Crippen LogP contribution is 2.12. The quantitative estimate of drug-likeness (QED) is 0.543. The fourth-order valence-corrected chi connectivity index (χ4v) is 3.79. The Kier molecular flexibility index (Phi) is 3.71. The Morgan fingerprint density at radius 3 is 1.00 bits per heavy atom. The minimum Gasteiger partial charge on any atom is -0.131 e. The van der Waals surface area contributed by atoms with Crippen molar-refractivity contribution in [1.82, 2.24) is 0 Å². The topological polar surface area (TPSA) is 0 Å². The average Bonchev–Trinajstić information content (AvgIpc) is 1.59. The fourth-order valence-electron chi connectivity index (χ4n) is 1.26. The second-order valence-corrected chi connectivity index (χ2v) is 6.79.